The summed E-state index contributed by atoms with van der Waals surface area (Å²) in [5.41, 5.74) is 1.16. The fourth-order valence-electron chi connectivity index (χ4n) is 3.21. The van der Waals surface area contributed by atoms with Crippen LogP contribution in [-0.2, 0) is 11.3 Å². The third-order valence-electron chi connectivity index (χ3n) is 4.77. The van der Waals surface area contributed by atoms with Gasteiger partial charge < -0.3 is 19.5 Å². The number of carbonyl (C=O) groups excluding carboxylic acids is 2. The Morgan fingerprint density at radius 3 is 2.41 bits per heavy atom. The molecule has 9 nitrogen and oxygen atoms in total. The van der Waals surface area contributed by atoms with Crippen LogP contribution in [0.4, 0.5) is 10.2 Å². The van der Waals surface area contributed by atoms with Gasteiger partial charge in [-0.2, -0.15) is 4.98 Å². The van der Waals surface area contributed by atoms with Crippen LogP contribution in [-0.4, -0.2) is 50.2 Å². The predicted octanol–water partition coefficient (Wildman–Crippen LogP) is 2.56. The van der Waals surface area contributed by atoms with Crippen molar-refractivity contribution in [2.75, 3.05) is 33.3 Å². The van der Waals surface area contributed by atoms with Crippen LogP contribution in [0.25, 0.3) is 5.69 Å². The number of benzene rings is 2. The predicted molar refractivity (Wildman–Crippen MR) is 115 cm³/mol. The van der Waals surface area contributed by atoms with Crippen LogP contribution in [0.5, 0.6) is 17.5 Å². The number of ether oxygens (including phenoxy) is 3. The van der Waals surface area contributed by atoms with Gasteiger partial charge in [0.1, 0.15) is 17.3 Å². The van der Waals surface area contributed by atoms with Gasteiger partial charge in [-0.3, -0.25) is 19.1 Å². The van der Waals surface area contributed by atoms with Gasteiger partial charge in [0.15, 0.2) is 11.5 Å². The molecule has 0 aliphatic heterocycles. The molecule has 1 aromatic heterocycles. The molecule has 0 bridgehead atoms. The van der Waals surface area contributed by atoms with Crippen LogP contribution in [0.3, 0.4) is 0 Å². The summed E-state index contributed by atoms with van der Waals surface area (Å²) < 4.78 is 30.8. The molecule has 0 aliphatic rings. The molecular weight excluding hydrogens is 419 g/mol. The highest BCUT2D eigenvalue weighted by Gasteiger charge is 2.28. The molecule has 0 aliphatic carbocycles. The first-order chi connectivity index (χ1) is 15.5. The molecule has 2 amide bonds. The second-order valence-corrected chi connectivity index (χ2v) is 6.57. The van der Waals surface area contributed by atoms with Gasteiger partial charge in [-0.1, -0.05) is 0 Å². The van der Waals surface area contributed by atoms with Crippen molar-refractivity contribution in [2.24, 2.45) is 0 Å². The molecule has 10 heteroatoms. The fraction of sp³-hybridized carbons (Fsp3) is 0.227. The number of hydrogen-bond donors (Lipinski definition) is 1. The van der Waals surface area contributed by atoms with E-state index in [9.17, 15) is 14.0 Å². The average Bonchev–Trinajstić information content (AvgIpc) is 3.21. The van der Waals surface area contributed by atoms with Crippen molar-refractivity contribution in [3.8, 4) is 23.2 Å². The lowest BCUT2D eigenvalue weighted by Gasteiger charge is -2.19. The van der Waals surface area contributed by atoms with Crippen LogP contribution < -0.4 is 24.4 Å². The molecule has 1 heterocycles. The number of imidazole rings is 1. The highest BCUT2D eigenvalue weighted by atomic mass is 19.1. The molecule has 1 N–H and O–H groups in total. The lowest BCUT2D eigenvalue weighted by Crippen LogP contribution is -2.28. The van der Waals surface area contributed by atoms with E-state index < -0.39 is 11.7 Å². The Morgan fingerprint density at radius 2 is 1.84 bits per heavy atom. The van der Waals surface area contributed by atoms with Crippen LogP contribution >= 0.6 is 0 Å². The summed E-state index contributed by atoms with van der Waals surface area (Å²) in [6.45, 7) is 0.0598. The minimum Gasteiger partial charge on any atom is -0.497 e. The van der Waals surface area contributed by atoms with E-state index in [2.05, 4.69) is 10.3 Å². The first kappa shape index (κ1) is 22.6. The van der Waals surface area contributed by atoms with Crippen molar-refractivity contribution in [3.05, 3.63) is 59.5 Å². The molecule has 2 aromatic carbocycles. The van der Waals surface area contributed by atoms with Gasteiger partial charge in [-0.15, -0.1) is 0 Å². The molecule has 3 aromatic rings. The maximum Gasteiger partial charge on any atom is 0.303 e. The average molecular weight is 442 g/mol. The minimum atomic E-state index is -0.506. The molecule has 0 atom stereocenters. The lowest BCUT2D eigenvalue weighted by atomic mass is 10.1. The Morgan fingerprint density at radius 1 is 1.12 bits per heavy atom. The number of halogens is 1. The van der Waals surface area contributed by atoms with Gasteiger partial charge >= 0.3 is 6.01 Å². The monoisotopic (exact) mass is 442 g/mol. The standard InChI is InChI=1S/C22H23FN4O5/c1-24-21(29)19-20(25-22(32-4)27(19)16-8-6-15(23)7-9-16)26(13-28)12-14-5-10-17(30-2)11-18(14)31-3/h5-11,13H,12H2,1-4H3,(H,24,29). The van der Waals surface area contributed by atoms with Crippen LogP contribution in [0.1, 0.15) is 16.1 Å². The van der Waals surface area contributed by atoms with E-state index in [1.807, 2.05) is 0 Å². The number of aromatic nitrogens is 2. The number of nitrogens with one attached hydrogen (secondary N) is 1. The van der Waals surface area contributed by atoms with Crippen LogP contribution in [0, 0.1) is 5.82 Å². The summed E-state index contributed by atoms with van der Waals surface area (Å²) in [6, 6.07) is 10.7. The van der Waals surface area contributed by atoms with E-state index in [0.717, 1.165) is 0 Å². The number of rotatable bonds is 9. The molecule has 168 valence electrons. The summed E-state index contributed by atoms with van der Waals surface area (Å²) in [5, 5.41) is 2.55. The van der Waals surface area contributed by atoms with Crippen molar-refractivity contribution in [3.63, 3.8) is 0 Å². The lowest BCUT2D eigenvalue weighted by molar-refractivity contribution is -0.107. The third-order valence-corrected chi connectivity index (χ3v) is 4.77. The van der Waals surface area contributed by atoms with Crippen molar-refractivity contribution >= 4 is 18.1 Å². The van der Waals surface area contributed by atoms with E-state index in [-0.39, 0.29) is 24.1 Å². The van der Waals surface area contributed by atoms with Crippen molar-refractivity contribution in [1.82, 2.24) is 14.9 Å². The minimum absolute atomic E-state index is 0.0514. The number of anilines is 1. The summed E-state index contributed by atoms with van der Waals surface area (Å²) in [5.74, 6) is 0.224. The quantitative estimate of drug-likeness (QED) is 0.512. The topological polar surface area (TPSA) is 94.9 Å². The van der Waals surface area contributed by atoms with E-state index >= 15 is 0 Å². The normalized spacial score (nSPS) is 10.4. The van der Waals surface area contributed by atoms with Gasteiger partial charge in [0.25, 0.3) is 5.91 Å². The van der Waals surface area contributed by atoms with Crippen molar-refractivity contribution in [2.45, 2.75) is 6.54 Å². The SMILES string of the molecule is CNC(=O)c1c(N(C=O)Cc2ccc(OC)cc2OC)nc(OC)n1-c1ccc(F)cc1. The van der Waals surface area contributed by atoms with Gasteiger partial charge in [0.2, 0.25) is 6.41 Å². The largest absolute Gasteiger partial charge is 0.497 e. The first-order valence-electron chi connectivity index (χ1n) is 9.54. The Kier molecular flexibility index (Phi) is 6.93. The smallest absolute Gasteiger partial charge is 0.303 e. The Labute approximate surface area is 184 Å². The molecule has 32 heavy (non-hydrogen) atoms. The number of hydrogen-bond acceptors (Lipinski definition) is 6. The number of nitrogens with zero attached hydrogens (tertiary/aromatic N) is 3. The summed E-state index contributed by atoms with van der Waals surface area (Å²) in [4.78, 5) is 30.5. The summed E-state index contributed by atoms with van der Waals surface area (Å²) >= 11 is 0. The van der Waals surface area contributed by atoms with Gasteiger partial charge in [0.05, 0.1) is 33.6 Å². The van der Waals surface area contributed by atoms with E-state index in [4.69, 9.17) is 14.2 Å². The molecule has 0 radical (unpaired) electrons. The van der Waals surface area contributed by atoms with E-state index in [1.54, 1.807) is 18.2 Å². The van der Waals surface area contributed by atoms with Crippen LogP contribution in [0.15, 0.2) is 42.5 Å². The molecule has 0 fully saturated rings. The molecule has 0 unspecified atom stereocenters. The third kappa shape index (κ3) is 4.34. The summed E-state index contributed by atoms with van der Waals surface area (Å²) in [6.07, 6.45) is 0.562. The summed E-state index contributed by atoms with van der Waals surface area (Å²) in [7, 11) is 5.89. The van der Waals surface area contributed by atoms with E-state index in [0.29, 0.717) is 29.2 Å². The maximum absolute atomic E-state index is 13.5. The van der Waals surface area contributed by atoms with E-state index in [1.165, 1.54) is 62.1 Å². The maximum atomic E-state index is 13.5. The second kappa shape index (κ2) is 9.82. The Bertz CT molecular complexity index is 1110. The molecular formula is C22H23FN4O5. The highest BCUT2D eigenvalue weighted by molar-refractivity contribution is 6.00. The zero-order valence-corrected chi connectivity index (χ0v) is 18.1. The zero-order valence-electron chi connectivity index (χ0n) is 18.1. The fourth-order valence-corrected chi connectivity index (χ4v) is 3.21. The molecule has 0 saturated carbocycles. The van der Waals surface area contributed by atoms with Gasteiger partial charge in [-0.05, 0) is 36.4 Å². The van der Waals surface area contributed by atoms with Gasteiger partial charge in [-0.25, -0.2) is 4.39 Å². The number of methoxy groups -OCH3 is 3. The second-order valence-electron chi connectivity index (χ2n) is 6.57. The van der Waals surface area contributed by atoms with Crippen molar-refractivity contribution < 1.29 is 28.2 Å². The zero-order chi connectivity index (χ0) is 23.3. The Balaban J connectivity index is 2.14. The van der Waals surface area contributed by atoms with Crippen LogP contribution in [0.2, 0.25) is 0 Å². The van der Waals surface area contributed by atoms with Gasteiger partial charge in [0, 0.05) is 18.7 Å². The molecule has 0 saturated heterocycles. The molecule has 0 spiro atoms. The number of amides is 2. The number of carbonyl (C=O) groups is 2. The Hall–Kier alpha value is -4.08. The molecule has 3 rings (SSSR count). The van der Waals surface area contributed by atoms with Crippen molar-refractivity contribution in [1.29, 1.82) is 0 Å². The first-order valence-corrected chi connectivity index (χ1v) is 9.54. The highest BCUT2D eigenvalue weighted by Crippen LogP contribution is 2.32.